The highest BCUT2D eigenvalue weighted by Crippen LogP contribution is 2.30. The molecule has 0 aromatic rings. The van der Waals surface area contributed by atoms with Crippen LogP contribution in [0.1, 0.15) is 47.0 Å². The molecule has 0 radical (unpaired) electrons. The van der Waals surface area contributed by atoms with E-state index in [4.69, 9.17) is 9.47 Å². The van der Waals surface area contributed by atoms with Crippen LogP contribution in [0.5, 0.6) is 0 Å². The monoisotopic (exact) mass is 227 g/mol. The lowest BCUT2D eigenvalue weighted by molar-refractivity contribution is -0.0791. The fraction of sp³-hybridized carbons (Fsp3) is 1.00. The zero-order chi connectivity index (χ0) is 11.8. The van der Waals surface area contributed by atoms with E-state index in [1.807, 2.05) is 0 Å². The first-order valence-corrected chi connectivity index (χ1v) is 6.42. The molecule has 2 fully saturated rings. The molecule has 3 nitrogen and oxygen atoms in total. The Morgan fingerprint density at radius 2 is 1.88 bits per heavy atom. The van der Waals surface area contributed by atoms with Crippen LogP contribution in [0, 0.1) is 5.92 Å². The van der Waals surface area contributed by atoms with Gasteiger partial charge in [0.2, 0.25) is 0 Å². The van der Waals surface area contributed by atoms with Gasteiger partial charge in [0.25, 0.3) is 0 Å². The van der Waals surface area contributed by atoms with Gasteiger partial charge in [0.15, 0.2) is 0 Å². The van der Waals surface area contributed by atoms with Gasteiger partial charge < -0.3 is 9.47 Å². The third-order valence-electron chi connectivity index (χ3n) is 3.68. The molecule has 2 atom stereocenters. The Morgan fingerprint density at radius 3 is 2.38 bits per heavy atom. The highest BCUT2D eigenvalue weighted by Gasteiger charge is 2.34. The summed E-state index contributed by atoms with van der Waals surface area (Å²) in [6.07, 6.45) is 3.64. The lowest BCUT2D eigenvalue weighted by Crippen LogP contribution is -2.41. The molecule has 94 valence electrons. The van der Waals surface area contributed by atoms with Crippen LogP contribution in [-0.2, 0) is 9.47 Å². The highest BCUT2D eigenvalue weighted by molar-refractivity contribution is 4.86. The lowest BCUT2D eigenvalue weighted by Gasteiger charge is -2.35. The fourth-order valence-corrected chi connectivity index (χ4v) is 2.65. The molecular weight excluding hydrogens is 202 g/mol. The van der Waals surface area contributed by atoms with Gasteiger partial charge in [-0.15, -0.1) is 0 Å². The summed E-state index contributed by atoms with van der Waals surface area (Å²) in [6, 6.07) is 0.504. The molecule has 0 saturated carbocycles. The van der Waals surface area contributed by atoms with Crippen LogP contribution in [0.3, 0.4) is 0 Å². The molecular formula is C13H25NO2. The van der Waals surface area contributed by atoms with Crippen molar-refractivity contribution in [3.05, 3.63) is 0 Å². The van der Waals surface area contributed by atoms with Gasteiger partial charge in [-0.25, -0.2) is 0 Å². The molecule has 16 heavy (non-hydrogen) atoms. The van der Waals surface area contributed by atoms with E-state index in [-0.39, 0.29) is 11.3 Å². The largest absolute Gasteiger partial charge is 0.375 e. The summed E-state index contributed by atoms with van der Waals surface area (Å²) in [6.45, 7) is 10.3. The molecule has 0 bridgehead atoms. The van der Waals surface area contributed by atoms with E-state index in [0.717, 1.165) is 13.2 Å². The summed E-state index contributed by atoms with van der Waals surface area (Å²) in [7, 11) is 0. The summed E-state index contributed by atoms with van der Waals surface area (Å²) in [5.74, 6) is 0.697. The third-order valence-corrected chi connectivity index (χ3v) is 3.68. The van der Waals surface area contributed by atoms with Crippen LogP contribution in [-0.4, -0.2) is 30.6 Å². The molecule has 2 aliphatic heterocycles. The Labute approximate surface area is 98.9 Å². The van der Waals surface area contributed by atoms with E-state index in [1.165, 1.54) is 19.3 Å². The molecule has 2 rings (SSSR count). The van der Waals surface area contributed by atoms with Crippen LogP contribution < -0.4 is 5.32 Å². The SMILES string of the molecule is CC1(C)CC[C@H](CC2COC(C)(C)N2)CO1. The van der Waals surface area contributed by atoms with Gasteiger partial charge in [-0.2, -0.15) is 0 Å². The van der Waals surface area contributed by atoms with Crippen LogP contribution in [0.2, 0.25) is 0 Å². The van der Waals surface area contributed by atoms with Crippen LogP contribution in [0.15, 0.2) is 0 Å². The predicted octanol–water partition coefficient (Wildman–Crippen LogP) is 2.31. The molecule has 0 aromatic heterocycles. The van der Waals surface area contributed by atoms with Gasteiger partial charge >= 0.3 is 0 Å². The second-order valence-corrected chi connectivity index (χ2v) is 6.37. The first-order chi connectivity index (χ1) is 7.36. The van der Waals surface area contributed by atoms with Crippen molar-refractivity contribution in [2.24, 2.45) is 5.92 Å². The van der Waals surface area contributed by atoms with Crippen molar-refractivity contribution in [2.75, 3.05) is 13.2 Å². The van der Waals surface area contributed by atoms with Crippen molar-refractivity contribution in [1.29, 1.82) is 0 Å². The first kappa shape index (κ1) is 12.3. The van der Waals surface area contributed by atoms with E-state index >= 15 is 0 Å². The fourth-order valence-electron chi connectivity index (χ4n) is 2.65. The van der Waals surface area contributed by atoms with E-state index < -0.39 is 0 Å². The summed E-state index contributed by atoms with van der Waals surface area (Å²) >= 11 is 0. The summed E-state index contributed by atoms with van der Waals surface area (Å²) in [5, 5.41) is 3.52. The molecule has 2 heterocycles. The average molecular weight is 227 g/mol. The Balaban J connectivity index is 1.76. The minimum Gasteiger partial charge on any atom is -0.375 e. The van der Waals surface area contributed by atoms with E-state index in [0.29, 0.717) is 12.0 Å². The van der Waals surface area contributed by atoms with Gasteiger partial charge in [-0.05, 0) is 52.9 Å². The summed E-state index contributed by atoms with van der Waals surface area (Å²) < 4.78 is 11.6. The van der Waals surface area contributed by atoms with Crippen molar-refractivity contribution in [3.63, 3.8) is 0 Å². The Morgan fingerprint density at radius 1 is 1.12 bits per heavy atom. The smallest absolute Gasteiger partial charge is 0.113 e. The minimum atomic E-state index is -0.139. The highest BCUT2D eigenvalue weighted by atomic mass is 16.5. The van der Waals surface area contributed by atoms with Gasteiger partial charge in [0.05, 0.1) is 18.8 Å². The van der Waals surface area contributed by atoms with E-state index in [9.17, 15) is 0 Å². The Bertz CT molecular complexity index is 240. The summed E-state index contributed by atoms with van der Waals surface area (Å²) in [4.78, 5) is 0. The molecule has 0 aliphatic carbocycles. The molecule has 2 saturated heterocycles. The second kappa shape index (κ2) is 4.28. The normalized spacial score (nSPS) is 37.5. The maximum Gasteiger partial charge on any atom is 0.113 e. The zero-order valence-corrected chi connectivity index (χ0v) is 11.0. The first-order valence-electron chi connectivity index (χ1n) is 6.42. The van der Waals surface area contributed by atoms with E-state index in [2.05, 4.69) is 33.0 Å². The number of nitrogens with one attached hydrogen (secondary N) is 1. The number of hydrogen-bond donors (Lipinski definition) is 1. The summed E-state index contributed by atoms with van der Waals surface area (Å²) in [5.41, 5.74) is -0.0468. The zero-order valence-electron chi connectivity index (χ0n) is 11.0. The van der Waals surface area contributed by atoms with Gasteiger partial charge in [0.1, 0.15) is 5.72 Å². The van der Waals surface area contributed by atoms with Crippen molar-refractivity contribution >= 4 is 0 Å². The van der Waals surface area contributed by atoms with Gasteiger partial charge in [-0.1, -0.05) is 0 Å². The Kier molecular flexibility index (Phi) is 3.30. The molecule has 2 aliphatic rings. The van der Waals surface area contributed by atoms with Crippen molar-refractivity contribution in [3.8, 4) is 0 Å². The molecule has 1 unspecified atom stereocenters. The molecule has 0 spiro atoms. The lowest BCUT2D eigenvalue weighted by atomic mass is 9.88. The molecule has 3 heteroatoms. The predicted molar refractivity (Wildman–Crippen MR) is 64.3 cm³/mol. The van der Waals surface area contributed by atoms with Crippen molar-refractivity contribution < 1.29 is 9.47 Å². The maximum atomic E-state index is 5.87. The minimum absolute atomic E-state index is 0.0926. The topological polar surface area (TPSA) is 30.5 Å². The maximum absolute atomic E-state index is 5.87. The van der Waals surface area contributed by atoms with E-state index in [1.54, 1.807) is 0 Å². The van der Waals surface area contributed by atoms with Crippen molar-refractivity contribution in [2.45, 2.75) is 64.3 Å². The van der Waals surface area contributed by atoms with Gasteiger partial charge in [0, 0.05) is 6.04 Å². The Hall–Kier alpha value is -0.120. The van der Waals surface area contributed by atoms with Gasteiger partial charge in [-0.3, -0.25) is 5.32 Å². The number of hydrogen-bond acceptors (Lipinski definition) is 3. The van der Waals surface area contributed by atoms with Crippen LogP contribution >= 0.6 is 0 Å². The third kappa shape index (κ3) is 3.19. The molecule has 1 N–H and O–H groups in total. The van der Waals surface area contributed by atoms with Crippen LogP contribution in [0.4, 0.5) is 0 Å². The number of ether oxygens (including phenoxy) is 2. The van der Waals surface area contributed by atoms with Crippen molar-refractivity contribution in [1.82, 2.24) is 5.32 Å². The molecule has 0 aromatic carbocycles. The quantitative estimate of drug-likeness (QED) is 0.785. The molecule has 0 amide bonds. The standard InChI is InChI=1S/C13H25NO2/c1-12(2)6-5-10(8-15-12)7-11-9-16-13(3,4)14-11/h10-11,14H,5-9H2,1-4H3/t10-,11?/m1/s1. The average Bonchev–Trinajstić information content (AvgIpc) is 2.50. The second-order valence-electron chi connectivity index (χ2n) is 6.37. The van der Waals surface area contributed by atoms with Crippen LogP contribution in [0.25, 0.3) is 0 Å². The number of rotatable bonds is 2.